The molecule has 4 rings (SSSR count). The van der Waals surface area contributed by atoms with Gasteiger partial charge in [0.05, 0.1) is 12.2 Å². The van der Waals surface area contributed by atoms with Gasteiger partial charge in [0.1, 0.15) is 0 Å². The summed E-state index contributed by atoms with van der Waals surface area (Å²) in [5.41, 5.74) is 0. The van der Waals surface area contributed by atoms with Gasteiger partial charge in [-0.05, 0) is 25.7 Å². The Hall–Kier alpha value is -0.160. The molecule has 2 bridgehead atoms. The highest BCUT2D eigenvalue weighted by atomic mass is 16.5. The van der Waals surface area contributed by atoms with Crippen LogP contribution in [0.2, 0.25) is 0 Å². The number of rotatable bonds is 4. The fourth-order valence-electron chi connectivity index (χ4n) is 3.44. The van der Waals surface area contributed by atoms with Crippen molar-refractivity contribution in [2.75, 3.05) is 39.3 Å². The van der Waals surface area contributed by atoms with Crippen LogP contribution in [0.3, 0.4) is 0 Å². The van der Waals surface area contributed by atoms with Crippen molar-refractivity contribution in [3.8, 4) is 0 Å². The Morgan fingerprint density at radius 3 is 2.65 bits per heavy atom. The number of aliphatic hydroxyl groups excluding tert-OH is 1. The van der Waals surface area contributed by atoms with Crippen LogP contribution in [0.4, 0.5) is 0 Å². The van der Waals surface area contributed by atoms with E-state index in [1.165, 1.54) is 25.9 Å². The molecule has 0 aromatic rings. The van der Waals surface area contributed by atoms with Crippen molar-refractivity contribution in [3.05, 3.63) is 0 Å². The van der Waals surface area contributed by atoms with Crippen molar-refractivity contribution in [2.45, 2.75) is 43.9 Å². The van der Waals surface area contributed by atoms with Crippen molar-refractivity contribution in [3.63, 3.8) is 0 Å². The maximum atomic E-state index is 10.3. The summed E-state index contributed by atoms with van der Waals surface area (Å²) >= 11 is 0. The zero-order valence-corrected chi connectivity index (χ0v) is 10.6. The Balaban J connectivity index is 1.46. The number of ether oxygens (including phenoxy) is 1. The summed E-state index contributed by atoms with van der Waals surface area (Å²) in [6.07, 6.45) is 4.57. The van der Waals surface area contributed by atoms with E-state index < -0.39 is 0 Å². The largest absolute Gasteiger partial charge is 0.391 e. The molecule has 4 heteroatoms. The third kappa shape index (κ3) is 2.65. The highest BCUT2D eigenvalue weighted by Crippen LogP contribution is 2.23. The van der Waals surface area contributed by atoms with Gasteiger partial charge in [0.25, 0.3) is 0 Å². The molecule has 98 valence electrons. The van der Waals surface area contributed by atoms with Crippen LogP contribution in [-0.4, -0.2) is 72.5 Å². The monoisotopic (exact) mass is 240 g/mol. The minimum atomic E-state index is -0.165. The van der Waals surface area contributed by atoms with E-state index in [2.05, 4.69) is 9.80 Å². The number of aliphatic hydroxyl groups is 1. The molecule has 0 aliphatic carbocycles. The standard InChI is InChI=1S/C13H24N2O2/c16-13(4-3-11-2-1-9-17-11)12-10-14-5-7-15(12)8-6-14/h11-13,16H,1-10H2. The molecule has 0 amide bonds. The van der Waals surface area contributed by atoms with Crippen molar-refractivity contribution >= 4 is 0 Å². The van der Waals surface area contributed by atoms with Crippen molar-refractivity contribution in [2.24, 2.45) is 0 Å². The van der Waals surface area contributed by atoms with E-state index in [9.17, 15) is 5.11 Å². The molecule has 0 aromatic carbocycles. The SMILES string of the molecule is OC(CCC1CCCO1)C1CN2CCN1CC2. The average molecular weight is 240 g/mol. The summed E-state index contributed by atoms with van der Waals surface area (Å²) in [5.74, 6) is 0. The summed E-state index contributed by atoms with van der Waals surface area (Å²) in [6, 6.07) is 0.374. The lowest BCUT2D eigenvalue weighted by molar-refractivity contribution is -0.0517. The predicted octanol–water partition coefficient (Wildman–Crippen LogP) is 0.306. The summed E-state index contributed by atoms with van der Waals surface area (Å²) < 4.78 is 5.62. The molecular weight excluding hydrogens is 216 g/mol. The zero-order valence-electron chi connectivity index (χ0n) is 10.6. The second-order valence-corrected chi connectivity index (χ2v) is 5.68. The normalized spacial score (nSPS) is 42.9. The number of fused-ring (bicyclic) bond motifs is 3. The van der Waals surface area contributed by atoms with Gasteiger partial charge >= 0.3 is 0 Å². The second-order valence-electron chi connectivity index (χ2n) is 5.68. The van der Waals surface area contributed by atoms with Gasteiger partial charge in [-0.2, -0.15) is 0 Å². The van der Waals surface area contributed by atoms with Gasteiger partial charge in [-0.25, -0.2) is 0 Å². The molecule has 0 radical (unpaired) electrons. The quantitative estimate of drug-likeness (QED) is 0.767. The summed E-state index contributed by atoms with van der Waals surface area (Å²) in [4.78, 5) is 4.96. The van der Waals surface area contributed by atoms with Gasteiger partial charge in [-0.3, -0.25) is 9.80 Å². The van der Waals surface area contributed by atoms with Crippen LogP contribution in [0.15, 0.2) is 0 Å². The van der Waals surface area contributed by atoms with E-state index >= 15 is 0 Å². The maximum Gasteiger partial charge on any atom is 0.0708 e. The van der Waals surface area contributed by atoms with E-state index in [1.54, 1.807) is 0 Å². The molecule has 0 aromatic heterocycles. The first-order valence-corrected chi connectivity index (χ1v) is 7.09. The van der Waals surface area contributed by atoms with Crippen molar-refractivity contribution in [1.29, 1.82) is 0 Å². The fourth-order valence-corrected chi connectivity index (χ4v) is 3.44. The Morgan fingerprint density at radius 2 is 2.06 bits per heavy atom. The molecule has 3 atom stereocenters. The van der Waals surface area contributed by atoms with Crippen LogP contribution in [0, 0.1) is 0 Å². The molecule has 0 saturated carbocycles. The molecule has 4 nitrogen and oxygen atoms in total. The van der Waals surface area contributed by atoms with Gasteiger partial charge in [-0.1, -0.05) is 0 Å². The molecule has 17 heavy (non-hydrogen) atoms. The van der Waals surface area contributed by atoms with Crippen LogP contribution < -0.4 is 0 Å². The summed E-state index contributed by atoms with van der Waals surface area (Å²) in [5, 5.41) is 10.3. The van der Waals surface area contributed by atoms with Crippen LogP contribution >= 0.6 is 0 Å². The van der Waals surface area contributed by atoms with Gasteiger partial charge in [0.2, 0.25) is 0 Å². The van der Waals surface area contributed by atoms with Crippen LogP contribution in [0.5, 0.6) is 0 Å². The van der Waals surface area contributed by atoms with Gasteiger partial charge < -0.3 is 9.84 Å². The Labute approximate surface area is 104 Å². The molecule has 4 saturated heterocycles. The maximum absolute atomic E-state index is 10.3. The lowest BCUT2D eigenvalue weighted by Gasteiger charge is -2.49. The number of hydrogen-bond acceptors (Lipinski definition) is 4. The lowest BCUT2D eigenvalue weighted by Crippen LogP contribution is -2.64. The minimum absolute atomic E-state index is 0.165. The first kappa shape index (κ1) is 11.9. The van der Waals surface area contributed by atoms with E-state index in [4.69, 9.17) is 4.74 Å². The van der Waals surface area contributed by atoms with Gasteiger partial charge in [0.15, 0.2) is 0 Å². The Morgan fingerprint density at radius 1 is 1.24 bits per heavy atom. The molecule has 4 aliphatic rings. The minimum Gasteiger partial charge on any atom is -0.391 e. The second kappa shape index (κ2) is 5.22. The fraction of sp³-hybridized carbons (Fsp3) is 1.00. The molecule has 4 heterocycles. The highest BCUT2D eigenvalue weighted by molar-refractivity contribution is 4.92. The van der Waals surface area contributed by atoms with E-state index in [-0.39, 0.29) is 6.10 Å². The lowest BCUT2D eigenvalue weighted by atomic mass is 9.97. The molecule has 4 aliphatic heterocycles. The Bertz CT molecular complexity index is 248. The van der Waals surface area contributed by atoms with Crippen LogP contribution in [0.1, 0.15) is 25.7 Å². The molecule has 4 fully saturated rings. The van der Waals surface area contributed by atoms with Crippen molar-refractivity contribution in [1.82, 2.24) is 9.80 Å². The number of nitrogens with zero attached hydrogens (tertiary/aromatic N) is 2. The first-order chi connectivity index (χ1) is 8.33. The summed E-state index contributed by atoms with van der Waals surface area (Å²) in [6.45, 7) is 6.64. The van der Waals surface area contributed by atoms with Crippen LogP contribution in [-0.2, 0) is 4.74 Å². The average Bonchev–Trinajstić information content (AvgIpc) is 2.90. The van der Waals surface area contributed by atoms with Crippen LogP contribution in [0.25, 0.3) is 0 Å². The third-order valence-electron chi connectivity index (χ3n) is 4.57. The smallest absolute Gasteiger partial charge is 0.0708 e. The molecule has 3 unspecified atom stereocenters. The number of piperazine rings is 3. The molecule has 0 spiro atoms. The van der Waals surface area contributed by atoms with Gasteiger partial charge in [-0.15, -0.1) is 0 Å². The van der Waals surface area contributed by atoms with E-state index in [0.29, 0.717) is 12.1 Å². The Kier molecular flexibility index (Phi) is 3.66. The van der Waals surface area contributed by atoms with Gasteiger partial charge in [0, 0.05) is 45.4 Å². The molecule has 1 N–H and O–H groups in total. The predicted molar refractivity (Wildman–Crippen MR) is 66.0 cm³/mol. The summed E-state index contributed by atoms with van der Waals surface area (Å²) in [7, 11) is 0. The first-order valence-electron chi connectivity index (χ1n) is 7.09. The zero-order chi connectivity index (χ0) is 11.7. The third-order valence-corrected chi connectivity index (χ3v) is 4.57. The topological polar surface area (TPSA) is 35.9 Å². The molecular formula is C13H24N2O2. The van der Waals surface area contributed by atoms with Crippen molar-refractivity contribution < 1.29 is 9.84 Å². The van der Waals surface area contributed by atoms with E-state index in [0.717, 1.165) is 39.1 Å². The highest BCUT2D eigenvalue weighted by Gasteiger charge is 2.36. The van der Waals surface area contributed by atoms with E-state index in [1.807, 2.05) is 0 Å². The number of hydrogen-bond donors (Lipinski definition) is 1.